The fourth-order valence-electron chi connectivity index (χ4n) is 4.37. The lowest BCUT2D eigenvalue weighted by Gasteiger charge is -2.13. The van der Waals surface area contributed by atoms with Crippen molar-refractivity contribution < 1.29 is 14.5 Å². The number of non-ortho nitro benzene ring substituents is 1. The van der Waals surface area contributed by atoms with E-state index in [1.165, 1.54) is 12.1 Å². The van der Waals surface area contributed by atoms with Crippen LogP contribution in [0.1, 0.15) is 27.2 Å². The number of nitrogens with zero attached hydrogens (tertiary/aromatic N) is 3. The average Bonchev–Trinajstić information content (AvgIpc) is 3.38. The molecule has 8 nitrogen and oxygen atoms in total. The second-order valence-corrected chi connectivity index (χ2v) is 11.7. The van der Waals surface area contributed by atoms with Gasteiger partial charge in [0.1, 0.15) is 12.4 Å². The van der Waals surface area contributed by atoms with Crippen molar-refractivity contribution in [3.05, 3.63) is 143 Å². The van der Waals surface area contributed by atoms with E-state index in [2.05, 4.69) is 91.5 Å². The first-order valence-electron chi connectivity index (χ1n) is 12.8. The third-order valence-electron chi connectivity index (χ3n) is 6.46. The number of carbonyl (C=O) groups excluding carboxylic acids is 1. The van der Waals surface area contributed by atoms with Crippen molar-refractivity contribution in [3.8, 4) is 22.7 Å². The number of amides is 1. The normalized spacial score (nSPS) is 11.0. The number of nitro groups is 1. The second kappa shape index (κ2) is 13.3. The molecular formula is C32H24I2N4O4. The summed E-state index contributed by atoms with van der Waals surface area (Å²) < 4.78 is 9.90. The summed E-state index contributed by atoms with van der Waals surface area (Å²) in [5, 5.41) is 15.0. The van der Waals surface area contributed by atoms with Gasteiger partial charge >= 0.3 is 0 Å². The number of halogens is 2. The monoisotopic (exact) mass is 782 g/mol. The lowest BCUT2D eigenvalue weighted by Crippen LogP contribution is -2.17. The highest BCUT2D eigenvalue weighted by molar-refractivity contribution is 14.1. The summed E-state index contributed by atoms with van der Waals surface area (Å²) in [7, 11) is 0. The number of aryl methyl sites for hydroxylation is 1. The molecule has 210 valence electrons. The molecule has 42 heavy (non-hydrogen) atoms. The number of hydrogen-bond acceptors (Lipinski definition) is 5. The molecule has 0 bridgehead atoms. The first kappa shape index (κ1) is 29.5. The van der Waals surface area contributed by atoms with Crippen LogP contribution in [-0.4, -0.2) is 21.6 Å². The van der Waals surface area contributed by atoms with Gasteiger partial charge in [0.05, 0.1) is 24.0 Å². The van der Waals surface area contributed by atoms with Crippen LogP contribution in [0.15, 0.2) is 108 Å². The zero-order valence-corrected chi connectivity index (χ0v) is 26.6. The van der Waals surface area contributed by atoms with Crippen LogP contribution in [0.2, 0.25) is 0 Å². The number of rotatable bonds is 9. The molecular weight excluding hydrogens is 758 g/mol. The molecule has 0 aliphatic rings. The largest absolute Gasteiger partial charge is 0.487 e. The molecule has 10 heteroatoms. The minimum atomic E-state index is -0.428. The summed E-state index contributed by atoms with van der Waals surface area (Å²) in [4.78, 5) is 23.2. The lowest BCUT2D eigenvalue weighted by atomic mass is 10.1. The molecule has 0 radical (unpaired) electrons. The summed E-state index contributed by atoms with van der Waals surface area (Å²) in [6.07, 6.45) is 1.59. The Bertz CT molecular complexity index is 1740. The molecule has 0 aliphatic heterocycles. The Hall–Kier alpha value is -4.04. The van der Waals surface area contributed by atoms with Crippen molar-refractivity contribution in [1.82, 2.24) is 9.99 Å². The van der Waals surface area contributed by atoms with E-state index in [9.17, 15) is 14.9 Å². The van der Waals surface area contributed by atoms with Gasteiger partial charge in [-0.05, 0) is 129 Å². The van der Waals surface area contributed by atoms with Gasteiger partial charge in [0.2, 0.25) is 0 Å². The van der Waals surface area contributed by atoms with E-state index in [0.29, 0.717) is 11.3 Å². The number of benzene rings is 4. The van der Waals surface area contributed by atoms with Gasteiger partial charge in [0.15, 0.2) is 0 Å². The molecule has 5 aromatic rings. The summed E-state index contributed by atoms with van der Waals surface area (Å²) >= 11 is 4.38. The van der Waals surface area contributed by atoms with Gasteiger partial charge in [-0.25, -0.2) is 5.43 Å². The van der Waals surface area contributed by atoms with Crippen LogP contribution in [0.25, 0.3) is 16.9 Å². The Morgan fingerprint density at radius 3 is 2.26 bits per heavy atom. The molecule has 0 spiro atoms. The van der Waals surface area contributed by atoms with Crippen molar-refractivity contribution in [1.29, 1.82) is 0 Å². The summed E-state index contributed by atoms with van der Waals surface area (Å²) in [5.74, 6) is 0.405. The third kappa shape index (κ3) is 6.87. The molecule has 0 atom stereocenters. The zero-order valence-electron chi connectivity index (χ0n) is 22.3. The van der Waals surface area contributed by atoms with Gasteiger partial charge in [-0.15, -0.1) is 0 Å². The Labute approximate surface area is 269 Å². The molecule has 5 rings (SSSR count). The number of hydrazone groups is 1. The van der Waals surface area contributed by atoms with Gasteiger partial charge in [0, 0.05) is 29.1 Å². The molecule has 0 saturated carbocycles. The summed E-state index contributed by atoms with van der Waals surface area (Å²) in [5.41, 5.74) is 9.05. The maximum absolute atomic E-state index is 12.8. The molecule has 1 amide bonds. The van der Waals surface area contributed by atoms with E-state index in [1.54, 1.807) is 30.5 Å². The Balaban J connectivity index is 1.21. The van der Waals surface area contributed by atoms with E-state index in [4.69, 9.17) is 4.74 Å². The van der Waals surface area contributed by atoms with E-state index in [-0.39, 0.29) is 18.2 Å². The Morgan fingerprint density at radius 1 is 0.952 bits per heavy atom. The topological polar surface area (TPSA) is 98.8 Å². The fourth-order valence-corrected chi connectivity index (χ4v) is 6.50. The second-order valence-electron chi connectivity index (χ2n) is 9.33. The minimum Gasteiger partial charge on any atom is -0.487 e. The van der Waals surface area contributed by atoms with Gasteiger partial charge in [0.25, 0.3) is 11.6 Å². The summed E-state index contributed by atoms with van der Waals surface area (Å²) in [6, 6.07) is 31.9. The molecule has 1 N–H and O–H groups in total. The number of hydrogen-bond donors (Lipinski definition) is 1. The van der Waals surface area contributed by atoms with Crippen LogP contribution in [0.4, 0.5) is 5.69 Å². The van der Waals surface area contributed by atoms with Crippen molar-refractivity contribution in [2.24, 2.45) is 5.10 Å². The predicted octanol–water partition coefficient (Wildman–Crippen LogP) is 7.91. The molecule has 0 fully saturated rings. The van der Waals surface area contributed by atoms with E-state index in [1.807, 2.05) is 42.5 Å². The van der Waals surface area contributed by atoms with E-state index < -0.39 is 4.92 Å². The highest BCUT2D eigenvalue weighted by Crippen LogP contribution is 2.30. The SMILES string of the molecule is Cc1ccc(-c2ccccc2)n1-c1ccc(C(=O)N/N=C/c2cc(I)c(OCc3ccc([N+](=O)[O-])cc3)c(I)c2)cc1. The van der Waals surface area contributed by atoms with Crippen molar-refractivity contribution in [2.45, 2.75) is 13.5 Å². The number of nitro benzene ring substituents is 1. The molecule has 0 saturated heterocycles. The third-order valence-corrected chi connectivity index (χ3v) is 8.07. The van der Waals surface area contributed by atoms with Crippen molar-refractivity contribution >= 4 is 63.0 Å². The molecule has 1 heterocycles. The van der Waals surface area contributed by atoms with Gasteiger partial charge in [-0.3, -0.25) is 14.9 Å². The smallest absolute Gasteiger partial charge is 0.271 e. The standard InChI is InChI=1S/C32H24I2N4O4/c1-21-7-16-30(24-5-3-2-4-6-24)37(21)26-14-10-25(11-15-26)32(39)36-35-19-23-17-28(33)31(29(34)18-23)42-20-22-8-12-27(13-9-22)38(40)41/h2-19H,20H2,1H3,(H,36,39)/b35-19+. The summed E-state index contributed by atoms with van der Waals surface area (Å²) in [6.45, 7) is 2.34. The fraction of sp³-hybridized carbons (Fsp3) is 0.0625. The van der Waals surface area contributed by atoms with Crippen LogP contribution in [0.5, 0.6) is 5.75 Å². The first-order chi connectivity index (χ1) is 20.3. The Kier molecular flexibility index (Phi) is 9.32. The zero-order chi connectivity index (χ0) is 29.6. The number of carbonyl (C=O) groups is 1. The Morgan fingerprint density at radius 2 is 1.62 bits per heavy atom. The number of ether oxygens (including phenoxy) is 1. The maximum Gasteiger partial charge on any atom is 0.271 e. The lowest BCUT2D eigenvalue weighted by molar-refractivity contribution is -0.384. The van der Waals surface area contributed by atoms with Crippen molar-refractivity contribution in [2.75, 3.05) is 0 Å². The number of aromatic nitrogens is 1. The molecule has 0 aliphatic carbocycles. The predicted molar refractivity (Wildman–Crippen MR) is 180 cm³/mol. The van der Waals surface area contributed by atoms with Crippen molar-refractivity contribution in [3.63, 3.8) is 0 Å². The van der Waals surface area contributed by atoms with Crippen LogP contribution in [0.3, 0.4) is 0 Å². The van der Waals surface area contributed by atoms with Crippen LogP contribution in [0, 0.1) is 24.2 Å². The van der Waals surface area contributed by atoms with Gasteiger partial charge in [-0.1, -0.05) is 30.3 Å². The molecule has 0 unspecified atom stereocenters. The minimum absolute atomic E-state index is 0.0418. The van der Waals surface area contributed by atoms with Crippen LogP contribution < -0.4 is 10.2 Å². The maximum atomic E-state index is 12.8. The van der Waals surface area contributed by atoms with Gasteiger partial charge in [-0.2, -0.15) is 5.10 Å². The van der Waals surface area contributed by atoms with Crippen LogP contribution in [-0.2, 0) is 6.61 Å². The van der Waals surface area contributed by atoms with E-state index in [0.717, 1.165) is 40.9 Å². The van der Waals surface area contributed by atoms with E-state index >= 15 is 0 Å². The number of nitrogens with one attached hydrogen (secondary N) is 1. The molecule has 4 aromatic carbocycles. The highest BCUT2D eigenvalue weighted by Gasteiger charge is 2.12. The van der Waals surface area contributed by atoms with Crippen LogP contribution >= 0.6 is 45.2 Å². The quantitative estimate of drug-likeness (QED) is 0.0712. The first-order valence-corrected chi connectivity index (χ1v) is 15.0. The average molecular weight is 782 g/mol. The molecule has 1 aromatic heterocycles. The highest BCUT2D eigenvalue weighted by atomic mass is 127. The van der Waals surface area contributed by atoms with Gasteiger partial charge < -0.3 is 9.30 Å².